The highest BCUT2D eigenvalue weighted by Crippen LogP contribution is 2.61. The SMILES string of the molecule is CCc1cccc2c1NC(=O)[C@@]21[C@H]2C(=O)N(c3ccc(OC(C)=O)cc3)C(=O)[C@@H]2[C@H]2CCCN21. The number of ether oxygens (including phenoxy) is 1. The summed E-state index contributed by atoms with van der Waals surface area (Å²) in [6.07, 6.45) is 2.41. The van der Waals surface area contributed by atoms with E-state index in [4.69, 9.17) is 4.74 Å². The lowest BCUT2D eigenvalue weighted by atomic mass is 9.75. The van der Waals surface area contributed by atoms with Crippen LogP contribution in [0.15, 0.2) is 42.5 Å². The van der Waals surface area contributed by atoms with Crippen molar-refractivity contribution in [1.29, 1.82) is 0 Å². The third-order valence-electron chi connectivity index (χ3n) is 7.85. The Bertz CT molecular complexity index is 1260. The molecule has 3 amide bonds. The maximum absolute atomic E-state index is 14.0. The van der Waals surface area contributed by atoms with Gasteiger partial charge in [-0.3, -0.25) is 24.1 Å². The van der Waals surface area contributed by atoms with Crippen LogP contribution in [-0.4, -0.2) is 41.2 Å². The first-order valence-corrected chi connectivity index (χ1v) is 11.8. The molecule has 0 aliphatic carbocycles. The van der Waals surface area contributed by atoms with E-state index in [0.717, 1.165) is 36.1 Å². The molecule has 1 N–H and O–H groups in total. The minimum Gasteiger partial charge on any atom is -0.427 e. The van der Waals surface area contributed by atoms with Crippen molar-refractivity contribution in [2.45, 2.75) is 44.7 Å². The number of amides is 3. The molecule has 0 saturated carbocycles. The first-order chi connectivity index (χ1) is 16.4. The number of hydrogen-bond donors (Lipinski definition) is 1. The normalized spacial score (nSPS) is 29.4. The molecule has 4 aliphatic heterocycles. The van der Waals surface area contributed by atoms with Crippen LogP contribution in [0.3, 0.4) is 0 Å². The molecule has 8 heteroatoms. The van der Waals surface area contributed by atoms with Crippen LogP contribution in [0.2, 0.25) is 0 Å². The van der Waals surface area contributed by atoms with Crippen molar-refractivity contribution in [1.82, 2.24) is 4.90 Å². The van der Waals surface area contributed by atoms with Gasteiger partial charge in [-0.15, -0.1) is 0 Å². The second-order valence-electron chi connectivity index (χ2n) is 9.42. The number of nitrogens with one attached hydrogen (secondary N) is 1. The number of fused-ring (bicyclic) bond motifs is 7. The standard InChI is InChI=1S/C26H25N3O5/c1-3-15-6-4-7-18-22(15)27-25(33)26(18)21-20(19-8-5-13-28(19)26)23(31)29(24(21)32)16-9-11-17(12-10-16)34-14(2)30/h4,6-7,9-12,19-21H,3,5,8,13H2,1-2H3,(H,27,33)/t19-,20-,21-,26+/m1/s1. The molecule has 34 heavy (non-hydrogen) atoms. The van der Waals surface area contributed by atoms with Crippen LogP contribution in [-0.2, 0) is 31.1 Å². The molecule has 6 rings (SSSR count). The second kappa shape index (κ2) is 7.24. The largest absolute Gasteiger partial charge is 0.427 e. The summed E-state index contributed by atoms with van der Waals surface area (Å²) in [7, 11) is 0. The van der Waals surface area contributed by atoms with Crippen LogP contribution in [0.1, 0.15) is 37.8 Å². The van der Waals surface area contributed by atoms with Gasteiger partial charge in [-0.1, -0.05) is 25.1 Å². The number of carbonyl (C=O) groups is 4. The Morgan fingerprint density at radius 2 is 1.88 bits per heavy atom. The average Bonchev–Trinajstić information content (AvgIpc) is 3.52. The van der Waals surface area contributed by atoms with E-state index >= 15 is 0 Å². The van der Waals surface area contributed by atoms with Crippen molar-refractivity contribution < 1.29 is 23.9 Å². The molecule has 0 radical (unpaired) electrons. The van der Waals surface area contributed by atoms with Gasteiger partial charge in [-0.2, -0.15) is 0 Å². The summed E-state index contributed by atoms with van der Waals surface area (Å²) in [4.78, 5) is 56.1. The van der Waals surface area contributed by atoms with Crippen LogP contribution in [0.5, 0.6) is 5.75 Å². The van der Waals surface area contributed by atoms with Crippen LogP contribution in [0, 0.1) is 11.8 Å². The van der Waals surface area contributed by atoms with Gasteiger partial charge in [0.05, 0.1) is 17.5 Å². The zero-order valence-electron chi connectivity index (χ0n) is 19.0. The minimum atomic E-state index is -1.18. The molecule has 2 aromatic rings. The van der Waals surface area contributed by atoms with Crippen molar-refractivity contribution in [3.63, 3.8) is 0 Å². The quantitative estimate of drug-likeness (QED) is 0.431. The number of benzene rings is 2. The predicted molar refractivity (Wildman–Crippen MR) is 123 cm³/mol. The Kier molecular flexibility index (Phi) is 4.48. The van der Waals surface area contributed by atoms with Crippen LogP contribution in [0.25, 0.3) is 0 Å². The molecule has 0 aromatic heterocycles. The smallest absolute Gasteiger partial charge is 0.308 e. The van der Waals surface area contributed by atoms with Crippen molar-refractivity contribution in [3.05, 3.63) is 53.6 Å². The van der Waals surface area contributed by atoms with Crippen molar-refractivity contribution in [2.75, 3.05) is 16.8 Å². The Balaban J connectivity index is 1.47. The Morgan fingerprint density at radius 1 is 1.12 bits per heavy atom. The van der Waals surface area contributed by atoms with E-state index in [9.17, 15) is 19.2 Å². The number of nitrogens with zero attached hydrogens (tertiary/aromatic N) is 2. The number of rotatable bonds is 3. The molecule has 3 fully saturated rings. The van der Waals surface area contributed by atoms with Crippen molar-refractivity contribution in [2.24, 2.45) is 11.8 Å². The highest BCUT2D eigenvalue weighted by atomic mass is 16.5. The molecule has 4 atom stereocenters. The van der Waals surface area contributed by atoms with Crippen LogP contribution >= 0.6 is 0 Å². The van der Waals surface area contributed by atoms with E-state index in [2.05, 4.69) is 10.2 Å². The van der Waals surface area contributed by atoms with Gasteiger partial charge in [-0.25, -0.2) is 4.90 Å². The van der Waals surface area contributed by atoms with E-state index < -0.39 is 23.3 Å². The Labute approximate surface area is 196 Å². The zero-order valence-corrected chi connectivity index (χ0v) is 19.0. The zero-order chi connectivity index (χ0) is 23.8. The predicted octanol–water partition coefficient (Wildman–Crippen LogP) is 2.61. The molecule has 4 aliphatic rings. The minimum absolute atomic E-state index is 0.159. The summed E-state index contributed by atoms with van der Waals surface area (Å²) < 4.78 is 5.08. The number of esters is 1. The Hall–Kier alpha value is -3.52. The molecule has 2 aromatic carbocycles. The van der Waals surface area contributed by atoms with Crippen LogP contribution < -0.4 is 15.0 Å². The second-order valence-corrected chi connectivity index (χ2v) is 9.42. The summed E-state index contributed by atoms with van der Waals surface area (Å²) in [5.41, 5.74) is 1.86. The summed E-state index contributed by atoms with van der Waals surface area (Å²) in [5.74, 6) is -2.30. The van der Waals surface area contributed by atoms with Gasteiger partial charge in [0.2, 0.25) is 17.7 Å². The topological polar surface area (TPSA) is 96.0 Å². The van der Waals surface area contributed by atoms with Gasteiger partial charge in [-0.05, 0) is 55.6 Å². The number of hydrogen-bond acceptors (Lipinski definition) is 6. The first-order valence-electron chi connectivity index (χ1n) is 11.8. The maximum Gasteiger partial charge on any atom is 0.308 e. The van der Waals surface area contributed by atoms with E-state index in [1.165, 1.54) is 11.8 Å². The molecule has 3 saturated heterocycles. The van der Waals surface area contributed by atoms with Gasteiger partial charge in [0.15, 0.2) is 0 Å². The van der Waals surface area contributed by atoms with Gasteiger partial charge in [0.25, 0.3) is 0 Å². The number of anilines is 2. The lowest BCUT2D eigenvalue weighted by Crippen LogP contribution is -2.54. The fourth-order valence-corrected chi connectivity index (χ4v) is 6.67. The molecule has 4 heterocycles. The van der Waals surface area contributed by atoms with E-state index in [-0.39, 0.29) is 23.8 Å². The fraction of sp³-hybridized carbons (Fsp3) is 0.385. The third kappa shape index (κ3) is 2.51. The molecule has 0 bridgehead atoms. The number of para-hydroxylation sites is 1. The summed E-state index contributed by atoms with van der Waals surface area (Å²) in [5, 5.41) is 3.08. The Morgan fingerprint density at radius 3 is 2.59 bits per heavy atom. The van der Waals surface area contributed by atoms with Gasteiger partial charge in [0.1, 0.15) is 11.3 Å². The molecule has 0 unspecified atom stereocenters. The first kappa shape index (κ1) is 21.0. The monoisotopic (exact) mass is 459 g/mol. The van der Waals surface area contributed by atoms with E-state index in [1.54, 1.807) is 24.3 Å². The lowest BCUT2D eigenvalue weighted by molar-refractivity contribution is -0.135. The lowest BCUT2D eigenvalue weighted by Gasteiger charge is -2.36. The fourth-order valence-electron chi connectivity index (χ4n) is 6.67. The number of imide groups is 1. The molecule has 8 nitrogen and oxygen atoms in total. The van der Waals surface area contributed by atoms with Crippen molar-refractivity contribution >= 4 is 35.1 Å². The molecule has 1 spiro atoms. The molecular weight excluding hydrogens is 434 g/mol. The number of aryl methyl sites for hydroxylation is 1. The van der Waals surface area contributed by atoms with Gasteiger partial charge >= 0.3 is 5.97 Å². The third-order valence-corrected chi connectivity index (χ3v) is 7.85. The summed E-state index contributed by atoms with van der Waals surface area (Å²) >= 11 is 0. The van der Waals surface area contributed by atoms with Gasteiger partial charge < -0.3 is 10.1 Å². The van der Waals surface area contributed by atoms with Crippen molar-refractivity contribution in [3.8, 4) is 5.75 Å². The summed E-state index contributed by atoms with van der Waals surface area (Å²) in [6.45, 7) is 4.02. The molecule has 174 valence electrons. The summed E-state index contributed by atoms with van der Waals surface area (Å²) in [6, 6.07) is 12.0. The number of carbonyl (C=O) groups excluding carboxylic acids is 4. The molecular formula is C26H25N3O5. The highest BCUT2D eigenvalue weighted by molar-refractivity contribution is 6.26. The van der Waals surface area contributed by atoms with E-state index in [1.807, 2.05) is 25.1 Å². The maximum atomic E-state index is 14.0. The highest BCUT2D eigenvalue weighted by Gasteiger charge is 2.74. The van der Waals surface area contributed by atoms with Gasteiger partial charge in [0, 0.05) is 24.2 Å². The van der Waals surface area contributed by atoms with Crippen LogP contribution in [0.4, 0.5) is 11.4 Å². The van der Waals surface area contributed by atoms with E-state index in [0.29, 0.717) is 18.0 Å². The average molecular weight is 460 g/mol.